The van der Waals surface area contributed by atoms with E-state index in [1.54, 1.807) is 37.1 Å². The van der Waals surface area contributed by atoms with Gasteiger partial charge in [0, 0.05) is 24.9 Å². The Morgan fingerprint density at radius 2 is 1.95 bits per heavy atom. The van der Waals surface area contributed by atoms with E-state index < -0.39 is 47.0 Å². The number of halogens is 3. The maximum atomic E-state index is 14.4. The van der Waals surface area contributed by atoms with Crippen LogP contribution in [0.25, 0.3) is 5.70 Å². The molecule has 2 amide bonds. The summed E-state index contributed by atoms with van der Waals surface area (Å²) in [4.78, 5) is 39.7. The zero-order chi connectivity index (χ0) is 31.5. The minimum absolute atomic E-state index is 0.00775. The second-order valence-electron chi connectivity index (χ2n) is 12.0. The highest BCUT2D eigenvalue weighted by Gasteiger charge is 2.45. The van der Waals surface area contributed by atoms with Crippen LogP contribution in [0.15, 0.2) is 53.6 Å². The van der Waals surface area contributed by atoms with E-state index in [4.69, 9.17) is 14.7 Å². The number of fused-ring (bicyclic) bond motifs is 2. The van der Waals surface area contributed by atoms with Gasteiger partial charge in [0.25, 0.3) is 5.91 Å². The fourth-order valence-corrected chi connectivity index (χ4v) is 5.90. The van der Waals surface area contributed by atoms with Gasteiger partial charge in [-0.3, -0.25) is 9.59 Å². The lowest BCUT2D eigenvalue weighted by Gasteiger charge is -2.30. The smallest absolute Gasteiger partial charge is 0.273 e. The molecule has 44 heavy (non-hydrogen) atoms. The number of benzene rings is 1. The molecule has 5 heterocycles. The van der Waals surface area contributed by atoms with Crippen molar-refractivity contribution in [2.45, 2.75) is 58.7 Å². The van der Waals surface area contributed by atoms with Gasteiger partial charge >= 0.3 is 0 Å². The molecule has 230 valence electrons. The summed E-state index contributed by atoms with van der Waals surface area (Å²) in [5, 5.41) is 12.9. The normalized spacial score (nSPS) is 22.3. The van der Waals surface area contributed by atoms with Gasteiger partial charge in [-0.05, 0) is 69.4 Å². The van der Waals surface area contributed by atoms with Crippen molar-refractivity contribution in [2.24, 2.45) is 5.92 Å². The number of hydrogen-bond donors (Lipinski definition) is 2. The first-order valence-electron chi connectivity index (χ1n) is 14.4. The molecule has 9 nitrogen and oxygen atoms in total. The van der Waals surface area contributed by atoms with Gasteiger partial charge in [-0.15, -0.1) is 0 Å². The van der Waals surface area contributed by atoms with Gasteiger partial charge in [0.15, 0.2) is 17.5 Å². The van der Waals surface area contributed by atoms with Gasteiger partial charge in [0.1, 0.15) is 29.7 Å². The molecule has 0 aliphatic carbocycles. The minimum Gasteiger partial charge on any atom is -0.486 e. The van der Waals surface area contributed by atoms with Gasteiger partial charge in [-0.2, -0.15) is 0 Å². The van der Waals surface area contributed by atoms with Crippen LogP contribution in [0.5, 0.6) is 0 Å². The lowest BCUT2D eigenvalue weighted by molar-refractivity contribution is -0.119. The van der Waals surface area contributed by atoms with Crippen molar-refractivity contribution in [1.82, 2.24) is 19.8 Å². The molecule has 1 aromatic heterocycles. The number of likely N-dealkylation sites (tertiary alicyclic amines) is 1. The summed E-state index contributed by atoms with van der Waals surface area (Å²) in [6.07, 6.45) is 7.38. The first-order valence-corrected chi connectivity index (χ1v) is 14.4. The third-order valence-electron chi connectivity index (χ3n) is 8.72. The largest absolute Gasteiger partial charge is 0.486 e. The zero-order valence-electron chi connectivity index (χ0n) is 24.7. The van der Waals surface area contributed by atoms with Gasteiger partial charge in [0.05, 0.1) is 28.5 Å². The zero-order valence-corrected chi connectivity index (χ0v) is 24.7. The molecule has 2 unspecified atom stereocenters. The topological polar surface area (TPSA) is 108 Å². The van der Waals surface area contributed by atoms with E-state index in [2.05, 4.69) is 5.32 Å². The van der Waals surface area contributed by atoms with Crippen LogP contribution in [-0.4, -0.2) is 55.9 Å². The highest BCUT2D eigenvalue weighted by molar-refractivity contribution is 6.09. The van der Waals surface area contributed by atoms with Gasteiger partial charge in [-0.25, -0.2) is 23.1 Å². The van der Waals surface area contributed by atoms with Crippen LogP contribution in [0.4, 0.5) is 19.0 Å². The van der Waals surface area contributed by atoms with E-state index in [0.717, 1.165) is 17.7 Å². The van der Waals surface area contributed by atoms with E-state index in [1.165, 1.54) is 4.90 Å². The maximum absolute atomic E-state index is 14.4. The average molecular weight is 608 g/mol. The molecule has 6 rings (SSSR count). The number of rotatable bonds is 5. The number of carbonyl (C=O) groups excluding carboxylic acids is 2. The van der Waals surface area contributed by atoms with Crippen molar-refractivity contribution >= 4 is 23.3 Å². The molecule has 2 N–H and O–H groups in total. The first-order chi connectivity index (χ1) is 20.9. The molecular weight excluding hydrogens is 575 g/mol. The molecule has 0 bridgehead atoms. The predicted molar refractivity (Wildman–Crippen MR) is 155 cm³/mol. The molecule has 1 saturated heterocycles. The second-order valence-corrected chi connectivity index (χ2v) is 12.0. The molecule has 2 atom stereocenters. The standard InChI is InChI=1S/C32H32F3N5O4/c1-16-7-10-22-23(44-15-19-20(33)8-9-21(34)25(19)35)6-5-12-40(22)27(17(16)2)29-36-26(30(42)39-13-11-18(41)14-39)24-28(37-29)38-31(43)32(24,3)4/h5-6,8-10,12,16,18,41H,7,11,13-15H2,1-4H3,(H,36,37,38,43). The number of β-amino-alcohol motifs (C(OH)–C–C–N with tert-alkyl or cyclic N) is 1. The van der Waals surface area contributed by atoms with Crippen LogP contribution >= 0.6 is 0 Å². The van der Waals surface area contributed by atoms with E-state index in [-0.39, 0.29) is 41.5 Å². The number of carbonyl (C=O) groups is 2. The average Bonchev–Trinajstić information content (AvgIpc) is 3.48. The van der Waals surface area contributed by atoms with Gasteiger partial charge in [0.2, 0.25) is 5.91 Å². The van der Waals surface area contributed by atoms with Crippen LogP contribution in [0, 0.1) is 23.4 Å². The highest BCUT2D eigenvalue weighted by atomic mass is 19.2. The summed E-state index contributed by atoms with van der Waals surface area (Å²) >= 11 is 0. The summed E-state index contributed by atoms with van der Waals surface area (Å²) in [5.74, 6) is -3.43. The molecule has 4 aliphatic rings. The lowest BCUT2D eigenvalue weighted by atomic mass is 9.85. The van der Waals surface area contributed by atoms with Crippen molar-refractivity contribution in [3.63, 3.8) is 0 Å². The molecule has 12 heteroatoms. The van der Waals surface area contributed by atoms with Crippen molar-refractivity contribution in [3.05, 3.63) is 93.7 Å². The van der Waals surface area contributed by atoms with Crippen molar-refractivity contribution < 1.29 is 32.6 Å². The summed E-state index contributed by atoms with van der Waals surface area (Å²) in [6, 6.07) is 1.57. The third-order valence-corrected chi connectivity index (χ3v) is 8.72. The molecule has 4 aliphatic heterocycles. The Labute approximate surface area is 252 Å². The molecule has 0 radical (unpaired) electrons. The van der Waals surface area contributed by atoms with Crippen molar-refractivity contribution in [1.29, 1.82) is 0 Å². The Morgan fingerprint density at radius 3 is 2.68 bits per heavy atom. The minimum atomic E-state index is -1.31. The fourth-order valence-electron chi connectivity index (χ4n) is 5.90. The number of allylic oxidation sites excluding steroid dienone is 4. The highest BCUT2D eigenvalue weighted by Crippen LogP contribution is 2.43. The molecule has 0 spiro atoms. The number of anilines is 1. The SMILES string of the molecule is CC1=C(c2nc3c(c(C(=O)N4CCC(O)C4)n2)C(C)(C)C(=O)N3)N2C=CC=C(OCc3c(F)ccc(F)c3F)C2=CCC1C. The number of amides is 2. The van der Waals surface area contributed by atoms with E-state index in [0.29, 0.717) is 36.3 Å². The van der Waals surface area contributed by atoms with Crippen LogP contribution in [0.2, 0.25) is 0 Å². The van der Waals surface area contributed by atoms with E-state index in [9.17, 15) is 27.9 Å². The number of nitrogens with one attached hydrogen (secondary N) is 1. The summed E-state index contributed by atoms with van der Waals surface area (Å²) in [6.45, 7) is 7.33. The quantitative estimate of drug-likeness (QED) is 0.465. The number of nitrogens with zero attached hydrogens (tertiary/aromatic N) is 4. The van der Waals surface area contributed by atoms with Crippen LogP contribution in [-0.2, 0) is 21.6 Å². The van der Waals surface area contributed by atoms with Crippen molar-refractivity contribution in [2.75, 3.05) is 18.4 Å². The Kier molecular flexibility index (Phi) is 7.35. The number of ether oxygens (including phenoxy) is 1. The fraction of sp³-hybridized carbons (Fsp3) is 0.375. The van der Waals surface area contributed by atoms with Gasteiger partial charge < -0.3 is 25.0 Å². The Morgan fingerprint density at radius 1 is 1.20 bits per heavy atom. The maximum Gasteiger partial charge on any atom is 0.273 e. The second kappa shape index (κ2) is 10.9. The summed E-state index contributed by atoms with van der Waals surface area (Å²) in [7, 11) is 0. The number of aliphatic hydroxyl groups is 1. The van der Waals surface area contributed by atoms with Crippen LogP contribution < -0.4 is 5.32 Å². The lowest BCUT2D eigenvalue weighted by Crippen LogP contribution is -2.34. The molecular formula is C32H32F3N5O4. The molecule has 1 fully saturated rings. The third kappa shape index (κ3) is 4.86. The number of aliphatic hydroxyl groups excluding tert-OH is 1. The number of hydrogen-bond acceptors (Lipinski definition) is 7. The summed E-state index contributed by atoms with van der Waals surface area (Å²) in [5.41, 5.74) is 0.860. The Balaban J connectivity index is 1.41. The monoisotopic (exact) mass is 607 g/mol. The summed E-state index contributed by atoms with van der Waals surface area (Å²) < 4.78 is 48.4. The van der Waals surface area contributed by atoms with E-state index >= 15 is 0 Å². The van der Waals surface area contributed by atoms with Crippen LogP contribution in [0.3, 0.4) is 0 Å². The molecule has 0 saturated carbocycles. The Hall–Kier alpha value is -4.45. The molecule has 2 aromatic rings. The van der Waals surface area contributed by atoms with E-state index in [1.807, 2.05) is 19.9 Å². The van der Waals surface area contributed by atoms with Gasteiger partial charge in [-0.1, -0.05) is 13.0 Å². The Bertz CT molecular complexity index is 1710. The predicted octanol–water partition coefficient (Wildman–Crippen LogP) is 4.92. The van der Waals surface area contributed by atoms with Crippen molar-refractivity contribution in [3.8, 4) is 0 Å². The van der Waals surface area contributed by atoms with Crippen LogP contribution in [0.1, 0.15) is 68.0 Å². The molecule has 1 aromatic carbocycles. The number of aromatic nitrogens is 2. The first kappa shape index (κ1) is 29.6.